The van der Waals surface area contributed by atoms with Gasteiger partial charge in [-0.2, -0.15) is 0 Å². The number of alkyl halides is 1. The van der Waals surface area contributed by atoms with Crippen LogP contribution in [-0.4, -0.2) is 43.1 Å². The molecule has 5 heteroatoms. The van der Waals surface area contributed by atoms with E-state index in [1.54, 1.807) is 6.07 Å². The van der Waals surface area contributed by atoms with Gasteiger partial charge in [0, 0.05) is 30.5 Å². The van der Waals surface area contributed by atoms with Crippen molar-refractivity contribution in [3.8, 4) is 5.75 Å². The molecular formula is C15H21BrFNO2. The highest BCUT2D eigenvalue weighted by atomic mass is 79.9. The van der Waals surface area contributed by atoms with E-state index < -0.39 is 0 Å². The van der Waals surface area contributed by atoms with Crippen molar-refractivity contribution in [3.05, 3.63) is 29.6 Å². The van der Waals surface area contributed by atoms with E-state index in [1.165, 1.54) is 7.11 Å². The van der Waals surface area contributed by atoms with E-state index in [2.05, 4.69) is 20.8 Å². The zero-order valence-electron chi connectivity index (χ0n) is 11.8. The number of benzene rings is 1. The monoisotopic (exact) mass is 345 g/mol. The molecule has 1 aromatic rings. The maximum atomic E-state index is 14.1. The predicted octanol–water partition coefficient (Wildman–Crippen LogP) is 3.21. The van der Waals surface area contributed by atoms with Crippen LogP contribution in [-0.2, 0) is 11.3 Å². The summed E-state index contributed by atoms with van der Waals surface area (Å²) in [6, 6.07) is 5.31. The van der Waals surface area contributed by atoms with E-state index in [1.807, 2.05) is 12.1 Å². The number of ether oxygens (including phenoxy) is 2. The number of likely N-dealkylation sites (tertiary alicyclic amines) is 1. The van der Waals surface area contributed by atoms with Gasteiger partial charge in [-0.15, -0.1) is 0 Å². The molecule has 0 aliphatic carbocycles. The molecular weight excluding hydrogens is 325 g/mol. The first-order chi connectivity index (χ1) is 9.74. The number of rotatable bonds is 6. The van der Waals surface area contributed by atoms with Crippen LogP contribution in [0.1, 0.15) is 18.4 Å². The minimum Gasteiger partial charge on any atom is -0.494 e. The van der Waals surface area contributed by atoms with Crippen LogP contribution in [0.15, 0.2) is 18.2 Å². The Balaban J connectivity index is 1.86. The normalized spacial score (nSPS) is 17.4. The highest BCUT2D eigenvalue weighted by molar-refractivity contribution is 9.09. The summed E-state index contributed by atoms with van der Waals surface area (Å²) in [5.74, 6) is 0.0747. The third kappa shape index (κ3) is 4.17. The summed E-state index contributed by atoms with van der Waals surface area (Å²) in [5.41, 5.74) is 0.698. The summed E-state index contributed by atoms with van der Waals surface area (Å²) in [6.07, 6.45) is 2.37. The minimum absolute atomic E-state index is 0.243. The van der Waals surface area contributed by atoms with E-state index in [0.29, 0.717) is 24.0 Å². The van der Waals surface area contributed by atoms with Gasteiger partial charge < -0.3 is 9.47 Å². The molecule has 0 radical (unpaired) electrons. The van der Waals surface area contributed by atoms with Crippen LogP contribution >= 0.6 is 15.9 Å². The van der Waals surface area contributed by atoms with Gasteiger partial charge >= 0.3 is 0 Å². The molecule has 2 rings (SSSR count). The fourth-order valence-corrected chi connectivity index (χ4v) is 2.71. The van der Waals surface area contributed by atoms with Gasteiger partial charge in [0.15, 0.2) is 11.6 Å². The lowest BCUT2D eigenvalue weighted by atomic mass is 10.1. The molecule has 112 valence electrons. The van der Waals surface area contributed by atoms with Gasteiger partial charge in [-0.3, -0.25) is 4.90 Å². The maximum absolute atomic E-state index is 14.1. The summed E-state index contributed by atoms with van der Waals surface area (Å²) < 4.78 is 24.8. The molecule has 3 nitrogen and oxygen atoms in total. The van der Waals surface area contributed by atoms with Crippen molar-refractivity contribution in [3.63, 3.8) is 0 Å². The third-order valence-electron chi connectivity index (χ3n) is 3.62. The van der Waals surface area contributed by atoms with Gasteiger partial charge in [-0.25, -0.2) is 4.39 Å². The number of halogens is 2. The lowest BCUT2D eigenvalue weighted by Crippen LogP contribution is -2.37. The average Bonchev–Trinajstić information content (AvgIpc) is 2.48. The molecule has 0 saturated carbocycles. The Bertz CT molecular complexity index is 422. The molecule has 1 saturated heterocycles. The lowest BCUT2D eigenvalue weighted by molar-refractivity contribution is 0.0139. The first kappa shape index (κ1) is 15.7. The van der Waals surface area contributed by atoms with Gasteiger partial charge in [-0.1, -0.05) is 28.1 Å². The largest absolute Gasteiger partial charge is 0.494 e. The number of piperidine rings is 1. The van der Waals surface area contributed by atoms with Crippen LogP contribution in [0.2, 0.25) is 0 Å². The van der Waals surface area contributed by atoms with Crippen molar-refractivity contribution in [1.29, 1.82) is 0 Å². The first-order valence-corrected chi connectivity index (χ1v) is 8.08. The Morgan fingerprint density at radius 2 is 2.10 bits per heavy atom. The standard InChI is InChI=1S/C15H21BrFNO2/c1-19-14-4-2-3-12(15(14)17)11-18-8-5-13(6-9-18)20-10-7-16/h2-4,13H,5-11H2,1H3. The van der Waals surface area contributed by atoms with Crippen LogP contribution < -0.4 is 4.74 Å². The second-order valence-corrected chi connectivity index (χ2v) is 5.76. The van der Waals surface area contributed by atoms with Gasteiger partial charge in [0.05, 0.1) is 19.8 Å². The van der Waals surface area contributed by atoms with Gasteiger partial charge in [-0.05, 0) is 18.9 Å². The van der Waals surface area contributed by atoms with Gasteiger partial charge in [0.1, 0.15) is 0 Å². The predicted molar refractivity (Wildman–Crippen MR) is 81.0 cm³/mol. The van der Waals surface area contributed by atoms with E-state index >= 15 is 0 Å². The maximum Gasteiger partial charge on any atom is 0.169 e. The van der Waals surface area contributed by atoms with E-state index in [-0.39, 0.29) is 5.82 Å². The molecule has 20 heavy (non-hydrogen) atoms. The molecule has 1 heterocycles. The quantitative estimate of drug-likeness (QED) is 0.739. The molecule has 0 unspecified atom stereocenters. The van der Waals surface area contributed by atoms with Crippen LogP contribution in [0.5, 0.6) is 5.75 Å². The van der Waals surface area contributed by atoms with Gasteiger partial charge in [0.25, 0.3) is 0 Å². The Hall–Kier alpha value is -0.650. The van der Waals surface area contributed by atoms with Crippen LogP contribution in [0, 0.1) is 5.82 Å². The fourth-order valence-electron chi connectivity index (χ4n) is 2.52. The smallest absolute Gasteiger partial charge is 0.169 e. The SMILES string of the molecule is COc1cccc(CN2CCC(OCCBr)CC2)c1F. The summed E-state index contributed by atoms with van der Waals surface area (Å²) in [5, 5.41) is 0.877. The second-order valence-electron chi connectivity index (χ2n) is 4.97. The third-order valence-corrected chi connectivity index (χ3v) is 3.95. The fraction of sp³-hybridized carbons (Fsp3) is 0.600. The van der Waals surface area contributed by atoms with E-state index in [4.69, 9.17) is 9.47 Å². The molecule has 0 amide bonds. The van der Waals surface area contributed by atoms with Crippen molar-refractivity contribution in [2.45, 2.75) is 25.5 Å². The zero-order valence-corrected chi connectivity index (χ0v) is 13.4. The van der Waals surface area contributed by atoms with Crippen LogP contribution in [0.3, 0.4) is 0 Å². The Morgan fingerprint density at radius 1 is 1.35 bits per heavy atom. The molecule has 0 atom stereocenters. The lowest BCUT2D eigenvalue weighted by Gasteiger charge is -2.31. The molecule has 0 N–H and O–H groups in total. The second kappa shape index (κ2) is 7.96. The molecule has 1 aromatic carbocycles. The highest BCUT2D eigenvalue weighted by Crippen LogP contribution is 2.23. The number of nitrogens with zero attached hydrogens (tertiary/aromatic N) is 1. The van der Waals surface area contributed by atoms with Crippen molar-refractivity contribution in [2.75, 3.05) is 32.1 Å². The molecule has 0 spiro atoms. The molecule has 0 aromatic heterocycles. The van der Waals surface area contributed by atoms with Gasteiger partial charge in [0.2, 0.25) is 0 Å². The molecule has 1 aliphatic heterocycles. The first-order valence-electron chi connectivity index (χ1n) is 6.96. The van der Waals surface area contributed by atoms with E-state index in [9.17, 15) is 4.39 Å². The highest BCUT2D eigenvalue weighted by Gasteiger charge is 2.20. The van der Waals surface area contributed by atoms with Crippen molar-refractivity contribution in [2.24, 2.45) is 0 Å². The number of methoxy groups -OCH3 is 1. The Kier molecular flexibility index (Phi) is 6.26. The van der Waals surface area contributed by atoms with Crippen LogP contribution in [0.25, 0.3) is 0 Å². The summed E-state index contributed by atoms with van der Waals surface area (Å²) in [7, 11) is 1.49. The molecule has 1 aliphatic rings. The molecule has 0 bridgehead atoms. The van der Waals surface area contributed by atoms with Crippen molar-refractivity contribution >= 4 is 15.9 Å². The average molecular weight is 346 g/mol. The topological polar surface area (TPSA) is 21.7 Å². The minimum atomic E-state index is -0.243. The summed E-state index contributed by atoms with van der Waals surface area (Å²) in [6.45, 7) is 3.29. The Labute approximate surface area is 128 Å². The number of hydrogen-bond acceptors (Lipinski definition) is 3. The van der Waals surface area contributed by atoms with Crippen molar-refractivity contribution < 1.29 is 13.9 Å². The summed E-state index contributed by atoms with van der Waals surface area (Å²) in [4.78, 5) is 2.27. The number of hydrogen-bond donors (Lipinski definition) is 0. The summed E-state index contributed by atoms with van der Waals surface area (Å²) >= 11 is 3.36. The van der Waals surface area contributed by atoms with Crippen LogP contribution in [0.4, 0.5) is 4.39 Å². The molecule has 1 fully saturated rings. The van der Waals surface area contributed by atoms with E-state index in [0.717, 1.165) is 37.9 Å². The zero-order chi connectivity index (χ0) is 14.4. The van der Waals surface area contributed by atoms with Crippen molar-refractivity contribution in [1.82, 2.24) is 4.90 Å². The Morgan fingerprint density at radius 3 is 2.75 bits per heavy atom.